The summed E-state index contributed by atoms with van der Waals surface area (Å²) in [6, 6.07) is 16.1. The zero-order valence-electron chi connectivity index (χ0n) is 13.5. The summed E-state index contributed by atoms with van der Waals surface area (Å²) in [6.07, 6.45) is 3.05. The van der Waals surface area contributed by atoms with Crippen LogP contribution in [0.4, 0.5) is 5.69 Å². The van der Waals surface area contributed by atoms with Crippen LogP contribution in [0.3, 0.4) is 0 Å². The van der Waals surface area contributed by atoms with E-state index in [0.717, 1.165) is 5.56 Å². The largest absolute Gasteiger partial charge is 0.322 e. The average molecular weight is 352 g/mol. The fourth-order valence-corrected chi connectivity index (χ4v) is 3.53. The van der Waals surface area contributed by atoms with Crippen molar-refractivity contribution >= 4 is 21.4 Å². The molecule has 1 N–H and O–H groups in total. The predicted octanol–water partition coefficient (Wildman–Crippen LogP) is 3.48. The number of aryl methyl sites for hydroxylation is 1. The molecule has 0 unspecified atom stereocenters. The molecule has 0 bridgehead atoms. The molecule has 0 fully saturated rings. The van der Waals surface area contributed by atoms with Crippen LogP contribution in [0.2, 0.25) is 0 Å². The third kappa shape index (κ3) is 3.75. The molecule has 126 valence electrons. The summed E-state index contributed by atoms with van der Waals surface area (Å²) in [4.78, 5) is 16.4. The molecule has 3 rings (SSSR count). The number of carbonyl (C=O) groups excluding carboxylic acids is 1. The molecule has 0 atom stereocenters. The van der Waals surface area contributed by atoms with Crippen molar-refractivity contribution in [3.8, 4) is 0 Å². The first-order valence-electron chi connectivity index (χ1n) is 7.60. The molecule has 1 heterocycles. The van der Waals surface area contributed by atoms with Crippen molar-refractivity contribution < 1.29 is 13.2 Å². The van der Waals surface area contributed by atoms with Crippen LogP contribution in [0.5, 0.6) is 0 Å². The maximum absolute atomic E-state index is 12.6. The number of pyridine rings is 1. The van der Waals surface area contributed by atoms with Crippen LogP contribution in [0.15, 0.2) is 82.8 Å². The van der Waals surface area contributed by atoms with Gasteiger partial charge in [-0.25, -0.2) is 8.42 Å². The summed E-state index contributed by atoms with van der Waals surface area (Å²) in [5.74, 6) is -0.303. The highest BCUT2D eigenvalue weighted by Gasteiger charge is 2.17. The highest BCUT2D eigenvalue weighted by molar-refractivity contribution is 7.91. The van der Waals surface area contributed by atoms with E-state index in [1.165, 1.54) is 18.3 Å². The Morgan fingerprint density at radius 1 is 0.920 bits per heavy atom. The summed E-state index contributed by atoms with van der Waals surface area (Å²) >= 11 is 0. The number of rotatable bonds is 4. The number of nitrogens with one attached hydrogen (secondary N) is 1. The predicted molar refractivity (Wildman–Crippen MR) is 95.3 cm³/mol. The van der Waals surface area contributed by atoms with Crippen molar-refractivity contribution in [2.45, 2.75) is 16.7 Å². The SMILES string of the molecule is Cc1ccc(S(=O)(=O)c2ccc(NC(=O)c3cccnc3)cc2)cc1. The van der Waals surface area contributed by atoms with E-state index < -0.39 is 9.84 Å². The second-order valence-corrected chi connectivity index (χ2v) is 7.49. The Morgan fingerprint density at radius 3 is 2.08 bits per heavy atom. The van der Waals surface area contributed by atoms with Crippen molar-refractivity contribution in [3.05, 3.63) is 84.2 Å². The second kappa shape index (κ2) is 6.86. The van der Waals surface area contributed by atoms with Gasteiger partial charge in [0.25, 0.3) is 5.91 Å². The standard InChI is InChI=1S/C19H16N2O3S/c1-14-4-8-17(9-5-14)25(23,24)18-10-6-16(7-11-18)21-19(22)15-3-2-12-20-13-15/h2-13H,1H3,(H,21,22). The number of aromatic nitrogens is 1. The van der Waals surface area contributed by atoms with Crippen molar-refractivity contribution in [2.24, 2.45) is 0 Å². The lowest BCUT2D eigenvalue weighted by atomic mass is 10.2. The minimum atomic E-state index is -3.58. The number of hydrogen-bond acceptors (Lipinski definition) is 4. The second-order valence-electron chi connectivity index (χ2n) is 5.54. The number of benzene rings is 2. The maximum atomic E-state index is 12.6. The minimum Gasteiger partial charge on any atom is -0.322 e. The molecule has 0 aliphatic carbocycles. The number of hydrogen-bond donors (Lipinski definition) is 1. The summed E-state index contributed by atoms with van der Waals surface area (Å²) in [7, 11) is -3.58. The molecule has 0 spiro atoms. The Labute approximate surface area is 146 Å². The van der Waals surface area contributed by atoms with Crippen molar-refractivity contribution in [1.29, 1.82) is 0 Å². The lowest BCUT2D eigenvalue weighted by molar-refractivity contribution is 0.102. The summed E-state index contributed by atoms with van der Waals surface area (Å²) in [6.45, 7) is 1.90. The fourth-order valence-electron chi connectivity index (χ4n) is 2.27. The number of nitrogens with zero attached hydrogens (tertiary/aromatic N) is 1. The molecule has 1 amide bonds. The molecule has 0 aliphatic rings. The number of anilines is 1. The van der Waals surface area contributed by atoms with E-state index in [4.69, 9.17) is 0 Å². The molecular weight excluding hydrogens is 336 g/mol. The first kappa shape index (κ1) is 16.9. The molecule has 5 nitrogen and oxygen atoms in total. The van der Waals surface area contributed by atoms with Gasteiger partial charge < -0.3 is 5.32 Å². The van der Waals surface area contributed by atoms with E-state index in [1.54, 1.807) is 54.7 Å². The number of carbonyl (C=O) groups is 1. The smallest absolute Gasteiger partial charge is 0.257 e. The third-order valence-electron chi connectivity index (χ3n) is 3.68. The Hall–Kier alpha value is -2.99. The van der Waals surface area contributed by atoms with Crippen molar-refractivity contribution in [3.63, 3.8) is 0 Å². The van der Waals surface area contributed by atoms with Crippen LogP contribution in [0.25, 0.3) is 0 Å². The number of amides is 1. The Kier molecular flexibility index (Phi) is 4.63. The summed E-state index contributed by atoms with van der Waals surface area (Å²) < 4.78 is 25.2. The van der Waals surface area contributed by atoms with Crippen LogP contribution in [0, 0.1) is 6.92 Å². The highest BCUT2D eigenvalue weighted by Crippen LogP contribution is 2.22. The van der Waals surface area contributed by atoms with Gasteiger partial charge >= 0.3 is 0 Å². The van der Waals surface area contributed by atoms with E-state index in [2.05, 4.69) is 10.3 Å². The van der Waals surface area contributed by atoms with Gasteiger partial charge in [-0.15, -0.1) is 0 Å². The van der Waals surface area contributed by atoms with Crippen molar-refractivity contribution in [1.82, 2.24) is 4.98 Å². The summed E-state index contributed by atoms with van der Waals surface area (Å²) in [5, 5.41) is 2.71. The van der Waals surface area contributed by atoms with Gasteiger partial charge in [0, 0.05) is 18.1 Å². The van der Waals surface area contributed by atoms with Gasteiger partial charge in [-0.3, -0.25) is 9.78 Å². The first-order chi connectivity index (χ1) is 12.0. The Balaban J connectivity index is 1.80. The van der Waals surface area contributed by atoms with Gasteiger partial charge in [-0.1, -0.05) is 17.7 Å². The van der Waals surface area contributed by atoms with Gasteiger partial charge in [0.05, 0.1) is 15.4 Å². The summed E-state index contributed by atoms with van der Waals surface area (Å²) in [5.41, 5.74) is 1.93. The van der Waals surface area contributed by atoms with Gasteiger partial charge in [-0.05, 0) is 55.5 Å². The van der Waals surface area contributed by atoms with Crippen LogP contribution in [0.1, 0.15) is 15.9 Å². The van der Waals surface area contributed by atoms with E-state index in [0.29, 0.717) is 11.3 Å². The van der Waals surface area contributed by atoms with Gasteiger partial charge in [0.1, 0.15) is 0 Å². The number of sulfone groups is 1. The highest BCUT2D eigenvalue weighted by atomic mass is 32.2. The van der Waals surface area contributed by atoms with Gasteiger partial charge in [0.2, 0.25) is 9.84 Å². The monoisotopic (exact) mass is 352 g/mol. The Morgan fingerprint density at radius 2 is 1.52 bits per heavy atom. The lowest BCUT2D eigenvalue weighted by Crippen LogP contribution is -2.12. The molecule has 6 heteroatoms. The molecule has 0 saturated carbocycles. The van der Waals surface area contributed by atoms with E-state index in [9.17, 15) is 13.2 Å². The maximum Gasteiger partial charge on any atom is 0.257 e. The van der Waals surface area contributed by atoms with Crippen LogP contribution in [-0.4, -0.2) is 19.3 Å². The molecule has 0 saturated heterocycles. The fraction of sp³-hybridized carbons (Fsp3) is 0.0526. The molecule has 0 radical (unpaired) electrons. The van der Waals surface area contributed by atoms with E-state index in [1.807, 2.05) is 6.92 Å². The lowest BCUT2D eigenvalue weighted by Gasteiger charge is -2.08. The van der Waals surface area contributed by atoms with Gasteiger partial charge in [0.15, 0.2) is 0 Å². The molecule has 1 aromatic heterocycles. The minimum absolute atomic E-state index is 0.177. The van der Waals surface area contributed by atoms with Crippen LogP contribution in [-0.2, 0) is 9.84 Å². The van der Waals surface area contributed by atoms with E-state index >= 15 is 0 Å². The molecule has 2 aromatic carbocycles. The molecular formula is C19H16N2O3S. The van der Waals surface area contributed by atoms with Gasteiger partial charge in [-0.2, -0.15) is 0 Å². The molecule has 3 aromatic rings. The normalized spacial score (nSPS) is 11.1. The van der Waals surface area contributed by atoms with Crippen LogP contribution < -0.4 is 5.32 Å². The quantitative estimate of drug-likeness (QED) is 0.780. The van der Waals surface area contributed by atoms with E-state index in [-0.39, 0.29) is 15.7 Å². The topological polar surface area (TPSA) is 76.1 Å². The molecule has 0 aliphatic heterocycles. The third-order valence-corrected chi connectivity index (χ3v) is 5.46. The zero-order valence-corrected chi connectivity index (χ0v) is 14.3. The first-order valence-corrected chi connectivity index (χ1v) is 9.08. The average Bonchev–Trinajstić information content (AvgIpc) is 2.63. The zero-order chi connectivity index (χ0) is 17.9. The molecule has 25 heavy (non-hydrogen) atoms. The van der Waals surface area contributed by atoms with Crippen LogP contribution >= 0.6 is 0 Å². The Bertz CT molecular complexity index is 981. The van der Waals surface area contributed by atoms with Crippen molar-refractivity contribution in [2.75, 3.05) is 5.32 Å².